The van der Waals surface area contributed by atoms with Crippen molar-refractivity contribution in [3.63, 3.8) is 0 Å². The third-order valence-electron chi connectivity index (χ3n) is 4.97. The fourth-order valence-corrected chi connectivity index (χ4v) is 3.63. The summed E-state index contributed by atoms with van der Waals surface area (Å²) in [6.07, 6.45) is -1.45. The molecule has 0 radical (unpaired) electrons. The lowest BCUT2D eigenvalue weighted by Crippen LogP contribution is -2.40. The van der Waals surface area contributed by atoms with E-state index in [1.165, 1.54) is 31.1 Å². The summed E-state index contributed by atoms with van der Waals surface area (Å²) in [7, 11) is 0. The van der Waals surface area contributed by atoms with E-state index in [1.54, 1.807) is 30.3 Å². The van der Waals surface area contributed by atoms with E-state index in [1.807, 2.05) is 0 Å². The summed E-state index contributed by atoms with van der Waals surface area (Å²) in [6, 6.07) is 8.59. The average Bonchev–Trinajstić information content (AvgIpc) is 3.36. The van der Waals surface area contributed by atoms with Crippen molar-refractivity contribution in [3.05, 3.63) is 48.5 Å². The zero-order valence-electron chi connectivity index (χ0n) is 17.7. The topological polar surface area (TPSA) is 155 Å². The third kappa shape index (κ3) is 4.52. The van der Waals surface area contributed by atoms with Crippen molar-refractivity contribution in [2.24, 2.45) is 0 Å². The van der Waals surface area contributed by atoms with Crippen molar-refractivity contribution in [1.82, 2.24) is 19.5 Å². The zero-order chi connectivity index (χ0) is 23.5. The van der Waals surface area contributed by atoms with Crippen molar-refractivity contribution in [2.75, 3.05) is 11.9 Å². The van der Waals surface area contributed by atoms with Gasteiger partial charge in [-0.2, -0.15) is 0 Å². The minimum atomic E-state index is -1.07. The van der Waals surface area contributed by atoms with Crippen LogP contribution in [0.3, 0.4) is 0 Å². The molecular formula is C21H21N5O7. The van der Waals surface area contributed by atoms with E-state index in [0.29, 0.717) is 5.56 Å². The number of aromatic nitrogens is 4. The first kappa shape index (κ1) is 22.3. The summed E-state index contributed by atoms with van der Waals surface area (Å²) in [4.78, 5) is 48.5. The summed E-state index contributed by atoms with van der Waals surface area (Å²) in [6.45, 7) is 1.93. The van der Waals surface area contributed by atoms with Gasteiger partial charge in [-0.1, -0.05) is 18.2 Å². The van der Waals surface area contributed by atoms with Gasteiger partial charge >= 0.3 is 11.9 Å². The number of imidazole rings is 1. The van der Waals surface area contributed by atoms with Crippen LogP contribution in [-0.4, -0.2) is 67.4 Å². The maximum atomic E-state index is 12.6. The monoisotopic (exact) mass is 455 g/mol. The molecule has 0 unspecified atom stereocenters. The zero-order valence-corrected chi connectivity index (χ0v) is 17.7. The van der Waals surface area contributed by atoms with Crippen molar-refractivity contribution in [2.45, 2.75) is 38.4 Å². The Bertz CT molecular complexity index is 1180. The van der Waals surface area contributed by atoms with Gasteiger partial charge in [-0.05, 0) is 12.1 Å². The Hall–Kier alpha value is -3.90. The SMILES string of the molecule is CC(=O)O[C@@H]1[C@H](OC(C)=O)[C@@H](CO)O[C@H]1n1cnc2c(NC(=O)c3ccccc3)ncnc21. The molecule has 1 amide bonds. The molecule has 2 aromatic heterocycles. The molecule has 1 aliphatic rings. The van der Waals surface area contributed by atoms with E-state index in [2.05, 4.69) is 20.3 Å². The van der Waals surface area contributed by atoms with Gasteiger partial charge in [-0.3, -0.25) is 19.0 Å². The normalized spacial score (nSPS) is 22.2. The van der Waals surface area contributed by atoms with E-state index >= 15 is 0 Å². The summed E-state index contributed by atoms with van der Waals surface area (Å²) in [5.41, 5.74) is 0.979. The van der Waals surface area contributed by atoms with Crippen molar-refractivity contribution >= 4 is 34.8 Å². The quantitative estimate of drug-likeness (QED) is 0.511. The molecule has 0 saturated carbocycles. The Labute approximate surface area is 187 Å². The van der Waals surface area contributed by atoms with Crippen LogP contribution >= 0.6 is 0 Å². The number of carbonyl (C=O) groups is 3. The number of nitrogens with one attached hydrogen (secondary N) is 1. The molecule has 33 heavy (non-hydrogen) atoms. The molecule has 4 rings (SSSR count). The number of aliphatic hydroxyl groups is 1. The Morgan fingerprint density at radius 1 is 1.06 bits per heavy atom. The number of aliphatic hydroxyl groups excluding tert-OH is 1. The molecule has 3 heterocycles. The van der Waals surface area contributed by atoms with Gasteiger partial charge in [0.05, 0.1) is 12.9 Å². The van der Waals surface area contributed by atoms with Crippen LogP contribution in [0.5, 0.6) is 0 Å². The lowest BCUT2D eigenvalue weighted by atomic mass is 10.1. The number of fused-ring (bicyclic) bond motifs is 1. The number of hydrogen-bond acceptors (Lipinski definition) is 10. The maximum absolute atomic E-state index is 12.6. The second-order valence-electron chi connectivity index (χ2n) is 7.26. The number of ether oxygens (including phenoxy) is 3. The second-order valence-corrected chi connectivity index (χ2v) is 7.26. The molecular weight excluding hydrogens is 434 g/mol. The first-order chi connectivity index (χ1) is 15.9. The van der Waals surface area contributed by atoms with Gasteiger partial charge in [0.15, 0.2) is 35.4 Å². The predicted octanol–water partition coefficient (Wildman–Crippen LogP) is 0.832. The molecule has 0 spiro atoms. The van der Waals surface area contributed by atoms with Crippen LogP contribution in [0.15, 0.2) is 43.0 Å². The highest BCUT2D eigenvalue weighted by Crippen LogP contribution is 2.36. The number of hydrogen-bond donors (Lipinski definition) is 2. The van der Waals surface area contributed by atoms with Gasteiger partial charge in [0, 0.05) is 19.4 Å². The molecule has 4 atom stereocenters. The molecule has 1 aliphatic heterocycles. The largest absolute Gasteiger partial charge is 0.456 e. The fraction of sp³-hybridized carbons (Fsp3) is 0.333. The molecule has 172 valence electrons. The highest BCUT2D eigenvalue weighted by molar-refractivity contribution is 6.06. The second kappa shape index (κ2) is 9.30. The highest BCUT2D eigenvalue weighted by Gasteiger charge is 2.50. The van der Waals surface area contributed by atoms with E-state index in [4.69, 9.17) is 14.2 Å². The molecule has 1 fully saturated rings. The van der Waals surface area contributed by atoms with Crippen LogP contribution in [0.1, 0.15) is 30.4 Å². The lowest BCUT2D eigenvalue weighted by molar-refractivity contribution is -0.165. The standard InChI is InChI=1S/C21H21N5O7/c1-11(28)31-16-14(8-27)33-21(17(16)32-12(2)29)26-10-24-15-18(22-9-23-19(15)26)25-20(30)13-6-4-3-5-7-13/h3-7,9-10,14,16-17,21,27H,8H2,1-2H3,(H,22,23,25,30)/t14-,16-,17-,21-/m1/s1. The number of anilines is 1. The number of esters is 2. The van der Waals surface area contributed by atoms with Gasteiger partial charge in [0.2, 0.25) is 0 Å². The highest BCUT2D eigenvalue weighted by atomic mass is 16.6. The smallest absolute Gasteiger partial charge is 0.303 e. The summed E-state index contributed by atoms with van der Waals surface area (Å²) in [5, 5.41) is 12.4. The van der Waals surface area contributed by atoms with Crippen molar-refractivity contribution < 1.29 is 33.7 Å². The van der Waals surface area contributed by atoms with Crippen LogP contribution in [0.25, 0.3) is 11.2 Å². The number of rotatable bonds is 6. The predicted molar refractivity (Wildman–Crippen MR) is 112 cm³/mol. The maximum Gasteiger partial charge on any atom is 0.303 e. The Morgan fingerprint density at radius 2 is 1.76 bits per heavy atom. The number of amides is 1. The van der Waals surface area contributed by atoms with Gasteiger partial charge in [0.1, 0.15) is 12.4 Å². The molecule has 0 aliphatic carbocycles. The molecule has 0 bridgehead atoms. The van der Waals surface area contributed by atoms with E-state index in [-0.39, 0.29) is 22.9 Å². The van der Waals surface area contributed by atoms with Crippen molar-refractivity contribution in [1.29, 1.82) is 0 Å². The number of benzene rings is 1. The van der Waals surface area contributed by atoms with Gasteiger partial charge in [-0.25, -0.2) is 15.0 Å². The first-order valence-electron chi connectivity index (χ1n) is 10.0. The number of carbonyl (C=O) groups excluding carboxylic acids is 3. The van der Waals surface area contributed by atoms with Crippen molar-refractivity contribution in [3.8, 4) is 0 Å². The molecule has 12 heteroatoms. The Morgan fingerprint density at radius 3 is 2.42 bits per heavy atom. The summed E-state index contributed by atoms with van der Waals surface area (Å²) >= 11 is 0. The molecule has 1 saturated heterocycles. The van der Waals surface area contributed by atoms with Gasteiger partial charge in [0.25, 0.3) is 5.91 Å². The summed E-state index contributed by atoms with van der Waals surface area (Å²) in [5.74, 6) is -1.46. The average molecular weight is 455 g/mol. The fourth-order valence-electron chi connectivity index (χ4n) is 3.63. The van der Waals surface area contributed by atoms with Crippen LogP contribution in [0.2, 0.25) is 0 Å². The Balaban J connectivity index is 1.69. The van der Waals surface area contributed by atoms with Gasteiger partial charge < -0.3 is 24.6 Å². The van der Waals surface area contributed by atoms with Crippen LogP contribution in [0, 0.1) is 0 Å². The molecule has 3 aromatic rings. The summed E-state index contributed by atoms with van der Waals surface area (Å²) < 4.78 is 18.0. The van der Waals surface area contributed by atoms with Crippen LogP contribution < -0.4 is 5.32 Å². The molecule has 2 N–H and O–H groups in total. The first-order valence-corrected chi connectivity index (χ1v) is 10.0. The third-order valence-corrected chi connectivity index (χ3v) is 4.97. The van der Waals surface area contributed by atoms with Gasteiger partial charge in [-0.15, -0.1) is 0 Å². The minimum Gasteiger partial charge on any atom is -0.456 e. The lowest BCUT2D eigenvalue weighted by Gasteiger charge is -2.23. The van der Waals surface area contributed by atoms with E-state index in [0.717, 1.165) is 0 Å². The number of nitrogens with zero attached hydrogens (tertiary/aromatic N) is 4. The van der Waals surface area contributed by atoms with E-state index < -0.39 is 43.1 Å². The molecule has 1 aromatic carbocycles. The van der Waals surface area contributed by atoms with E-state index in [9.17, 15) is 19.5 Å². The molecule has 12 nitrogen and oxygen atoms in total. The van der Waals surface area contributed by atoms with Crippen LogP contribution in [-0.2, 0) is 23.8 Å². The minimum absolute atomic E-state index is 0.171. The van der Waals surface area contributed by atoms with Crippen LogP contribution in [0.4, 0.5) is 5.82 Å². The Kier molecular flexibility index (Phi) is 6.29.